The lowest BCUT2D eigenvalue weighted by Crippen LogP contribution is -2.75. The topological polar surface area (TPSA) is 43.9 Å². The van der Waals surface area contributed by atoms with Crippen LogP contribution < -0.4 is 0 Å². The van der Waals surface area contributed by atoms with Crippen molar-refractivity contribution in [3.63, 3.8) is 0 Å². The highest BCUT2D eigenvalue weighted by Gasteiger charge is 2.56. The average Bonchev–Trinajstić information content (AvgIpc) is 3.29. The third-order valence-electron chi connectivity index (χ3n) is 6.65. The molecule has 0 saturated carbocycles. The molecule has 0 aliphatic carbocycles. The van der Waals surface area contributed by atoms with Gasteiger partial charge >= 0.3 is 0 Å². The van der Waals surface area contributed by atoms with Crippen molar-refractivity contribution in [2.45, 2.75) is 50.5 Å². The van der Waals surface area contributed by atoms with Gasteiger partial charge in [0.15, 0.2) is 0 Å². The summed E-state index contributed by atoms with van der Waals surface area (Å²) in [6.07, 6.45) is 3.12. The van der Waals surface area contributed by atoms with Gasteiger partial charge in [-0.2, -0.15) is 0 Å². The van der Waals surface area contributed by atoms with E-state index in [1.165, 1.54) is 12.8 Å². The Kier molecular flexibility index (Phi) is 4.84. The first kappa shape index (κ1) is 18.4. The average molecular weight is 389 g/mol. The number of nitrogens with zero attached hydrogens (tertiary/aromatic N) is 3. The van der Waals surface area contributed by atoms with Crippen LogP contribution in [0, 0.1) is 0 Å². The van der Waals surface area contributed by atoms with Gasteiger partial charge in [0.25, 0.3) is 0 Å². The van der Waals surface area contributed by atoms with E-state index in [0.717, 1.165) is 30.6 Å². The lowest BCUT2D eigenvalue weighted by atomic mass is 9.83. The van der Waals surface area contributed by atoms with E-state index in [0.29, 0.717) is 13.1 Å². The van der Waals surface area contributed by atoms with Crippen molar-refractivity contribution >= 4 is 11.8 Å². The Hall–Kier alpha value is -2.66. The van der Waals surface area contributed by atoms with Crippen LogP contribution >= 0.6 is 0 Å². The number of likely N-dealkylation sites (tertiary alicyclic amines) is 1. The summed E-state index contributed by atoms with van der Waals surface area (Å²) in [6.45, 7) is 3.09. The molecular formula is C24H27N3O2. The van der Waals surface area contributed by atoms with Crippen molar-refractivity contribution in [3.8, 4) is 0 Å². The van der Waals surface area contributed by atoms with Gasteiger partial charge in [0.05, 0.1) is 0 Å². The Bertz CT molecular complexity index is 880. The first-order valence-electron chi connectivity index (χ1n) is 10.7. The van der Waals surface area contributed by atoms with Crippen molar-refractivity contribution in [2.24, 2.45) is 0 Å². The fraction of sp³-hybridized carbons (Fsp3) is 0.417. The van der Waals surface area contributed by atoms with Crippen LogP contribution in [0.4, 0.5) is 0 Å². The fourth-order valence-electron chi connectivity index (χ4n) is 5.22. The summed E-state index contributed by atoms with van der Waals surface area (Å²) in [4.78, 5) is 33.2. The summed E-state index contributed by atoms with van der Waals surface area (Å²) in [5, 5.41) is 0. The van der Waals surface area contributed by atoms with Crippen molar-refractivity contribution in [2.75, 3.05) is 13.1 Å². The summed E-state index contributed by atoms with van der Waals surface area (Å²) in [5.74, 6) is 0.211. The standard InChI is InChI=1S/C24H27N3O2/c28-23-21-15-20(25-13-7-8-14-25)22(27(23)17-19-11-5-2-6-12-19)24(29)26(21)16-18-9-3-1-4-10-18/h1-6,9-12,20-22H,7-8,13-17H2/t20-,21+,22+/m0/s1. The van der Waals surface area contributed by atoms with Crippen molar-refractivity contribution in [1.29, 1.82) is 0 Å². The number of piperazine rings is 1. The van der Waals surface area contributed by atoms with Crippen LogP contribution in [0.2, 0.25) is 0 Å². The lowest BCUT2D eigenvalue weighted by molar-refractivity contribution is -0.176. The molecule has 5 heteroatoms. The van der Waals surface area contributed by atoms with E-state index in [1.807, 2.05) is 70.5 Å². The molecule has 0 radical (unpaired) electrons. The van der Waals surface area contributed by atoms with Crippen molar-refractivity contribution < 1.29 is 9.59 Å². The Morgan fingerprint density at radius 3 is 1.86 bits per heavy atom. The molecule has 6 rings (SSSR count). The number of hydrogen-bond acceptors (Lipinski definition) is 3. The SMILES string of the molecule is O=C1[C@H]2[C@@H](N3CCCC3)C[C@H](C(=O)N2Cc2ccccc2)N1Cc1ccccc1. The molecule has 0 aromatic heterocycles. The number of carbonyl (C=O) groups excluding carboxylic acids is 2. The maximum absolute atomic E-state index is 13.6. The maximum Gasteiger partial charge on any atom is 0.248 e. The minimum absolute atomic E-state index is 0.102. The van der Waals surface area contributed by atoms with Gasteiger partial charge in [-0.1, -0.05) is 60.7 Å². The highest BCUT2D eigenvalue weighted by molar-refractivity contribution is 5.99. The third kappa shape index (κ3) is 3.33. The van der Waals surface area contributed by atoms with E-state index >= 15 is 0 Å². The molecule has 0 N–H and O–H groups in total. The summed E-state index contributed by atoms with van der Waals surface area (Å²) >= 11 is 0. The van der Waals surface area contributed by atoms with Crippen LogP contribution in [0.15, 0.2) is 60.7 Å². The Morgan fingerprint density at radius 2 is 1.28 bits per heavy atom. The highest BCUT2D eigenvalue weighted by Crippen LogP contribution is 2.37. The van der Waals surface area contributed by atoms with Crippen LogP contribution in [0.3, 0.4) is 0 Å². The third-order valence-corrected chi connectivity index (χ3v) is 6.65. The monoisotopic (exact) mass is 389 g/mol. The van der Waals surface area contributed by atoms with E-state index in [2.05, 4.69) is 4.90 Å². The zero-order valence-corrected chi connectivity index (χ0v) is 16.6. The van der Waals surface area contributed by atoms with E-state index in [1.54, 1.807) is 0 Å². The first-order valence-corrected chi connectivity index (χ1v) is 10.7. The normalized spacial score (nSPS) is 27.1. The maximum atomic E-state index is 13.6. The lowest BCUT2D eigenvalue weighted by Gasteiger charge is -2.55. The molecule has 2 aromatic rings. The first-order chi connectivity index (χ1) is 14.2. The minimum Gasteiger partial charge on any atom is -0.324 e. The van der Waals surface area contributed by atoms with Crippen LogP contribution in [-0.4, -0.2) is 57.7 Å². The van der Waals surface area contributed by atoms with E-state index < -0.39 is 0 Å². The van der Waals surface area contributed by atoms with Gasteiger partial charge in [-0.15, -0.1) is 0 Å². The molecule has 4 aliphatic rings. The smallest absolute Gasteiger partial charge is 0.248 e. The molecule has 2 amide bonds. The fourth-order valence-corrected chi connectivity index (χ4v) is 5.22. The summed E-state index contributed by atoms with van der Waals surface area (Å²) < 4.78 is 0. The quantitative estimate of drug-likeness (QED) is 0.790. The van der Waals surface area contributed by atoms with E-state index in [4.69, 9.17) is 0 Å². The number of piperidine rings is 2. The highest BCUT2D eigenvalue weighted by atomic mass is 16.2. The van der Waals surface area contributed by atoms with E-state index in [-0.39, 0.29) is 29.9 Å². The molecule has 4 aliphatic heterocycles. The predicted octanol–water partition coefficient (Wildman–Crippen LogP) is 2.66. The number of amides is 2. The number of hydrogen-bond donors (Lipinski definition) is 0. The van der Waals surface area contributed by atoms with Crippen LogP contribution in [0.25, 0.3) is 0 Å². The molecular weight excluding hydrogens is 362 g/mol. The molecule has 150 valence electrons. The summed E-state index contributed by atoms with van der Waals surface area (Å²) in [5.41, 5.74) is 2.16. The molecule has 4 saturated heterocycles. The van der Waals surface area contributed by atoms with E-state index in [9.17, 15) is 9.59 Å². The molecule has 0 spiro atoms. The second-order valence-electron chi connectivity index (χ2n) is 8.41. The molecule has 29 heavy (non-hydrogen) atoms. The summed E-state index contributed by atoms with van der Waals surface area (Å²) in [6, 6.07) is 19.4. The minimum atomic E-state index is -0.380. The number of carbonyl (C=O) groups is 2. The predicted molar refractivity (Wildman–Crippen MR) is 111 cm³/mol. The van der Waals surface area contributed by atoms with Crippen LogP contribution in [-0.2, 0) is 22.7 Å². The second-order valence-corrected chi connectivity index (χ2v) is 8.41. The largest absolute Gasteiger partial charge is 0.324 e. The van der Waals surface area contributed by atoms with Gasteiger partial charge in [0.2, 0.25) is 11.8 Å². The number of rotatable bonds is 5. The number of benzene rings is 2. The van der Waals surface area contributed by atoms with Gasteiger partial charge in [0.1, 0.15) is 12.1 Å². The second kappa shape index (κ2) is 7.64. The van der Waals surface area contributed by atoms with Gasteiger partial charge in [-0.3, -0.25) is 14.5 Å². The zero-order chi connectivity index (χ0) is 19.8. The number of fused-ring (bicyclic) bond motifs is 3. The Balaban J connectivity index is 1.45. The molecule has 4 fully saturated rings. The van der Waals surface area contributed by atoms with Gasteiger partial charge < -0.3 is 9.80 Å². The Labute approximate surface area is 171 Å². The molecule has 2 aromatic carbocycles. The van der Waals surface area contributed by atoms with Gasteiger partial charge in [-0.25, -0.2) is 0 Å². The molecule has 3 atom stereocenters. The zero-order valence-electron chi connectivity index (χ0n) is 16.6. The van der Waals surface area contributed by atoms with Crippen molar-refractivity contribution in [1.82, 2.24) is 14.7 Å². The van der Waals surface area contributed by atoms with Gasteiger partial charge in [0, 0.05) is 19.1 Å². The molecule has 0 unspecified atom stereocenters. The summed E-state index contributed by atoms with van der Waals surface area (Å²) in [7, 11) is 0. The van der Waals surface area contributed by atoms with Gasteiger partial charge in [-0.05, 0) is 43.5 Å². The molecule has 2 bridgehead atoms. The molecule has 4 heterocycles. The van der Waals surface area contributed by atoms with Crippen molar-refractivity contribution in [3.05, 3.63) is 71.8 Å². The van der Waals surface area contributed by atoms with Crippen LogP contribution in [0.5, 0.6) is 0 Å². The molecule has 5 nitrogen and oxygen atoms in total. The van der Waals surface area contributed by atoms with Crippen LogP contribution in [0.1, 0.15) is 30.4 Å². The Morgan fingerprint density at radius 1 is 0.724 bits per heavy atom.